The van der Waals surface area contributed by atoms with E-state index in [2.05, 4.69) is 25.3 Å². The van der Waals surface area contributed by atoms with Crippen LogP contribution in [0, 0.1) is 20.2 Å². The number of hydrogen-bond donors (Lipinski definition) is 2. The number of nitrogens with zero attached hydrogens (tertiary/aromatic N) is 2. The average molecular weight is 399 g/mol. The Morgan fingerprint density at radius 3 is 1.25 bits per heavy atom. The molecular formula is C14H10N2O4S4. The van der Waals surface area contributed by atoms with E-state index in [1.807, 2.05) is 0 Å². The van der Waals surface area contributed by atoms with Gasteiger partial charge in [0.25, 0.3) is 11.4 Å². The van der Waals surface area contributed by atoms with Gasteiger partial charge < -0.3 is 0 Å². The Morgan fingerprint density at radius 2 is 1.00 bits per heavy atom. The first kappa shape index (κ1) is 18.7. The van der Waals surface area contributed by atoms with Gasteiger partial charge >= 0.3 is 0 Å². The molecular weight excluding hydrogens is 388 g/mol. The monoisotopic (exact) mass is 398 g/mol. The molecule has 0 heterocycles. The molecule has 24 heavy (non-hydrogen) atoms. The van der Waals surface area contributed by atoms with Gasteiger partial charge in [0.1, 0.15) is 0 Å². The van der Waals surface area contributed by atoms with Crippen LogP contribution in [-0.4, -0.2) is 9.85 Å². The summed E-state index contributed by atoms with van der Waals surface area (Å²) >= 11 is 11.4. The second-order valence-corrected chi connectivity index (χ2v) is 7.98. The number of non-ortho nitro benzene ring substituents is 2. The lowest BCUT2D eigenvalue weighted by Gasteiger charge is -2.06. The van der Waals surface area contributed by atoms with Crippen LogP contribution in [0.25, 0.3) is 0 Å². The van der Waals surface area contributed by atoms with Crippen LogP contribution in [0.3, 0.4) is 0 Å². The molecule has 0 saturated heterocycles. The zero-order valence-corrected chi connectivity index (χ0v) is 15.3. The Bertz CT molecular complexity index is 724. The smallest absolute Gasteiger partial charge is 0.258 e. The van der Waals surface area contributed by atoms with Crippen molar-refractivity contribution in [3.8, 4) is 0 Å². The van der Waals surface area contributed by atoms with Crippen molar-refractivity contribution in [1.82, 2.24) is 0 Å². The minimum absolute atomic E-state index is 0.0235. The van der Waals surface area contributed by atoms with E-state index in [1.54, 1.807) is 24.3 Å². The highest BCUT2D eigenvalue weighted by atomic mass is 32.2. The molecule has 0 aliphatic carbocycles. The number of hydrogen-bond acceptors (Lipinski definition) is 8. The Morgan fingerprint density at radius 1 is 0.708 bits per heavy atom. The van der Waals surface area contributed by atoms with E-state index in [0.717, 1.165) is 9.79 Å². The summed E-state index contributed by atoms with van der Waals surface area (Å²) in [5.41, 5.74) is 0.0470. The number of rotatable bonds is 6. The number of thiol groups is 2. The molecule has 124 valence electrons. The van der Waals surface area contributed by atoms with Gasteiger partial charge in [0, 0.05) is 34.1 Å². The Kier molecular flexibility index (Phi) is 6.60. The van der Waals surface area contributed by atoms with Crippen molar-refractivity contribution in [2.24, 2.45) is 0 Å². The molecule has 10 heteroatoms. The summed E-state index contributed by atoms with van der Waals surface area (Å²) < 4.78 is 1.24. The molecule has 0 aliphatic heterocycles. The van der Waals surface area contributed by atoms with E-state index in [1.165, 1.54) is 47.8 Å². The molecule has 2 rings (SSSR count). The summed E-state index contributed by atoms with van der Waals surface area (Å²) in [6.07, 6.45) is 0. The van der Waals surface area contributed by atoms with Crippen molar-refractivity contribution in [2.45, 2.75) is 9.79 Å². The average Bonchev–Trinajstić information content (AvgIpc) is 2.55. The van der Waals surface area contributed by atoms with E-state index in [9.17, 15) is 20.2 Å². The summed E-state index contributed by atoms with van der Waals surface area (Å²) in [5, 5.41) is 21.3. The number of nitro benzene ring substituents is 2. The third kappa shape index (κ3) is 5.20. The molecule has 0 unspecified atom stereocenters. The van der Waals surface area contributed by atoms with Gasteiger partial charge in [0.05, 0.1) is 18.3 Å². The molecule has 6 nitrogen and oxygen atoms in total. The maximum Gasteiger partial charge on any atom is 0.269 e. The lowest BCUT2D eigenvalue weighted by Crippen LogP contribution is -1.86. The van der Waals surface area contributed by atoms with Gasteiger partial charge in [-0.1, -0.05) is 23.5 Å². The van der Waals surface area contributed by atoms with Crippen molar-refractivity contribution in [3.05, 3.63) is 77.2 Å². The van der Waals surface area contributed by atoms with Crippen LogP contribution in [0.1, 0.15) is 0 Å². The Labute approximate surface area is 156 Å². The Hall–Kier alpha value is -1.62. The second-order valence-electron chi connectivity index (χ2n) is 4.32. The van der Waals surface area contributed by atoms with E-state index in [-0.39, 0.29) is 11.4 Å². The third-order valence-electron chi connectivity index (χ3n) is 2.71. The highest BCUT2D eigenvalue weighted by Gasteiger charge is 2.09. The minimum Gasteiger partial charge on any atom is -0.258 e. The molecule has 0 atom stereocenters. The molecule has 0 radical (unpaired) electrons. The van der Waals surface area contributed by atoms with Gasteiger partial charge in [-0.05, 0) is 24.3 Å². The van der Waals surface area contributed by atoms with E-state index < -0.39 is 9.85 Å². The fourth-order valence-corrected chi connectivity index (χ4v) is 3.90. The molecule has 2 aromatic carbocycles. The second kappa shape index (κ2) is 8.47. The predicted molar refractivity (Wildman–Crippen MR) is 103 cm³/mol. The summed E-state index contributed by atoms with van der Waals surface area (Å²) in [7, 11) is 0. The van der Waals surface area contributed by atoms with Crippen LogP contribution in [0.5, 0.6) is 0 Å². The lowest BCUT2D eigenvalue weighted by molar-refractivity contribution is -0.385. The number of thioether (sulfide) groups is 2. The van der Waals surface area contributed by atoms with Crippen LogP contribution in [-0.2, 0) is 0 Å². The first-order valence-corrected chi connectivity index (χ1v) is 8.86. The lowest BCUT2D eigenvalue weighted by atomic mass is 10.3. The Balaban J connectivity index is 2.06. The van der Waals surface area contributed by atoms with Crippen LogP contribution in [0.2, 0.25) is 0 Å². The van der Waals surface area contributed by atoms with Crippen LogP contribution in [0.15, 0.2) is 66.8 Å². The molecule has 0 amide bonds. The first-order chi connectivity index (χ1) is 11.4. The van der Waals surface area contributed by atoms with Gasteiger partial charge in [-0.3, -0.25) is 20.2 Å². The molecule has 0 spiro atoms. The quantitative estimate of drug-likeness (QED) is 0.294. The highest BCUT2D eigenvalue weighted by molar-refractivity contribution is 8.21. The molecule has 0 fully saturated rings. The van der Waals surface area contributed by atoms with Gasteiger partial charge in [0.15, 0.2) is 0 Å². The molecule has 0 bridgehead atoms. The molecule has 2 aromatic rings. The first-order valence-electron chi connectivity index (χ1n) is 6.33. The summed E-state index contributed by atoms with van der Waals surface area (Å²) in [5.74, 6) is 0. The van der Waals surface area contributed by atoms with Crippen molar-refractivity contribution in [2.75, 3.05) is 0 Å². The highest BCUT2D eigenvalue weighted by Crippen LogP contribution is 2.40. The van der Waals surface area contributed by atoms with Crippen molar-refractivity contribution in [1.29, 1.82) is 0 Å². The van der Waals surface area contributed by atoms with Crippen molar-refractivity contribution < 1.29 is 9.85 Å². The number of nitro groups is 2. The topological polar surface area (TPSA) is 86.3 Å². The molecule has 0 saturated carbocycles. The van der Waals surface area contributed by atoms with E-state index in [4.69, 9.17) is 0 Å². The zero-order chi connectivity index (χ0) is 17.7. The standard InChI is InChI=1S/C14H10N2O4S4/c17-15(18)9-1-5-11(6-2-9)23-13(21)14(22)24-12-7-3-10(4-8-12)16(19)20/h1-8,21-22H. The SMILES string of the molecule is O=[N+]([O-])c1ccc(SC(S)=C(S)Sc2ccc([N+](=O)[O-])cc2)cc1. The maximum absolute atomic E-state index is 10.6. The van der Waals surface area contributed by atoms with Crippen molar-refractivity contribution in [3.63, 3.8) is 0 Å². The molecule has 0 aliphatic rings. The van der Waals surface area contributed by atoms with Gasteiger partial charge in [-0.15, -0.1) is 25.3 Å². The zero-order valence-electron chi connectivity index (χ0n) is 11.9. The normalized spacial score (nSPS) is 11.8. The molecule has 0 N–H and O–H groups in total. The fraction of sp³-hybridized carbons (Fsp3) is 0. The van der Waals surface area contributed by atoms with E-state index >= 15 is 0 Å². The molecule has 0 aromatic heterocycles. The summed E-state index contributed by atoms with van der Waals surface area (Å²) in [4.78, 5) is 21.9. The van der Waals surface area contributed by atoms with Crippen LogP contribution in [0.4, 0.5) is 11.4 Å². The van der Waals surface area contributed by atoms with E-state index in [0.29, 0.717) is 8.47 Å². The van der Waals surface area contributed by atoms with Gasteiger partial charge in [-0.2, -0.15) is 0 Å². The van der Waals surface area contributed by atoms with Crippen molar-refractivity contribution >= 4 is 60.2 Å². The minimum atomic E-state index is -0.458. The van der Waals surface area contributed by atoms with Crippen LogP contribution >= 0.6 is 48.8 Å². The van der Waals surface area contributed by atoms with Gasteiger partial charge in [-0.25, -0.2) is 0 Å². The predicted octanol–water partition coefficient (Wildman–Crippen LogP) is 5.37. The maximum atomic E-state index is 10.6. The third-order valence-corrected chi connectivity index (χ3v) is 6.12. The number of benzene rings is 2. The van der Waals surface area contributed by atoms with Crippen LogP contribution < -0.4 is 0 Å². The summed E-state index contributed by atoms with van der Waals surface area (Å²) in [6, 6.07) is 12.2. The van der Waals surface area contributed by atoms with Gasteiger partial charge in [0.2, 0.25) is 0 Å². The summed E-state index contributed by atoms with van der Waals surface area (Å²) in [6.45, 7) is 0. The fourth-order valence-electron chi connectivity index (χ4n) is 1.58. The largest absolute Gasteiger partial charge is 0.269 e.